The van der Waals surface area contributed by atoms with Crippen molar-refractivity contribution in [2.75, 3.05) is 46.4 Å². The summed E-state index contributed by atoms with van der Waals surface area (Å²) in [5, 5.41) is 26.1. The van der Waals surface area contributed by atoms with Gasteiger partial charge in [-0.25, -0.2) is 19.6 Å². The average molecular weight is 1140 g/mol. The van der Waals surface area contributed by atoms with Gasteiger partial charge < -0.3 is 46.3 Å². The van der Waals surface area contributed by atoms with E-state index in [0.29, 0.717) is 70.8 Å². The van der Waals surface area contributed by atoms with E-state index in [9.17, 15) is 38.7 Å². The Morgan fingerprint density at radius 2 is 1.51 bits per heavy atom. The summed E-state index contributed by atoms with van der Waals surface area (Å²) in [7, 11) is 1.47. The van der Waals surface area contributed by atoms with Crippen molar-refractivity contribution in [3.63, 3.8) is 0 Å². The number of β-amino-alcohol motifs (C(OH)–C–C–N with tert-alkyl or cyclic N) is 1. The number of para-hydroxylation sites is 1. The number of nitrogens with zero attached hydrogens (tertiary/aromatic N) is 8. The summed E-state index contributed by atoms with van der Waals surface area (Å²) < 4.78 is 6.92. The fraction of sp³-hybridized carbons (Fsp3) is 0.403. The predicted molar refractivity (Wildman–Crippen MR) is 314 cm³/mol. The summed E-state index contributed by atoms with van der Waals surface area (Å²) in [4.78, 5) is 113. The molecule has 4 aromatic heterocycles. The average Bonchev–Trinajstić information content (AvgIpc) is 3.05. The van der Waals surface area contributed by atoms with Gasteiger partial charge in [0.15, 0.2) is 5.82 Å². The zero-order valence-corrected chi connectivity index (χ0v) is 48.0. The number of benzene rings is 3. The van der Waals surface area contributed by atoms with Crippen LogP contribution in [0.3, 0.4) is 0 Å². The number of aromatic nitrogens is 6. The first kappa shape index (κ1) is 59.7. The van der Waals surface area contributed by atoms with Gasteiger partial charge in [0.25, 0.3) is 23.5 Å². The molecular weight excluding hydrogens is 1070 g/mol. The van der Waals surface area contributed by atoms with E-state index in [1.54, 1.807) is 42.2 Å². The van der Waals surface area contributed by atoms with Crippen LogP contribution < -0.4 is 26.4 Å². The van der Waals surface area contributed by atoms with Crippen LogP contribution in [0.5, 0.6) is 5.75 Å². The number of fused-ring (bicyclic) bond motifs is 3. The number of aryl methyl sites for hydroxylation is 1. The number of aliphatic hydroxyl groups is 1. The van der Waals surface area contributed by atoms with Crippen LogP contribution in [0.4, 0.5) is 0 Å². The standard InChI is InChI=1S/C38H50N6O5.C24H23N7O4/c1-38(2,3)43-37(49)32-20-26-14-7-8-15-27(26)22-44(32)23-33(45)30(19-24-11-5-4-6-12-24)41-36(48)31(21-34(39)46)42-35(47)29-18-17-25-13-9-10-16-28(25)40-29;1-15-27-14-31(28-15)22-20-19(18(35-2)13-26-22)17(12-25-20)21(32)24(34)30-10-8-29(9-11-30)23(33)16-6-4-3-5-7-16/h4-6,9-13,16-18,26-27,30-33,45H,7-8,14-15,19-23H2,1-3H3,(H2,39,46)(H,41,48)(H,42,47)(H,43,49);3-7,12-14,25H,8-11H2,1-2H3/t26-,27+,30-,31-,32-,33+;/m0./s1. The van der Waals surface area contributed by atoms with Gasteiger partial charge in [-0.1, -0.05) is 92.1 Å². The van der Waals surface area contributed by atoms with E-state index in [4.69, 9.17) is 10.5 Å². The lowest BCUT2D eigenvalue weighted by Crippen LogP contribution is -2.61. The summed E-state index contributed by atoms with van der Waals surface area (Å²) in [6.45, 7) is 9.73. The van der Waals surface area contributed by atoms with Gasteiger partial charge in [0.2, 0.25) is 17.7 Å². The molecule has 0 bridgehead atoms. The number of likely N-dealkylation sites (tertiary alicyclic amines) is 1. The van der Waals surface area contributed by atoms with Gasteiger partial charge in [0.05, 0.1) is 59.9 Å². The van der Waals surface area contributed by atoms with Crippen LogP contribution in [-0.4, -0.2) is 167 Å². The zero-order chi connectivity index (χ0) is 59.7. The molecule has 440 valence electrons. The number of rotatable bonds is 17. The summed E-state index contributed by atoms with van der Waals surface area (Å²) in [5.74, 6) is -1.22. The number of ether oxygens (including phenoxy) is 1. The summed E-state index contributed by atoms with van der Waals surface area (Å²) in [5.41, 5.74) is 7.99. The number of piperidine rings is 1. The Bertz CT molecular complexity index is 3500. The van der Waals surface area contributed by atoms with Crippen LogP contribution in [0, 0.1) is 18.8 Å². The first-order valence-electron chi connectivity index (χ1n) is 28.5. The monoisotopic (exact) mass is 1140 g/mol. The number of hydrogen-bond acceptors (Lipinski definition) is 14. The van der Waals surface area contributed by atoms with Crippen LogP contribution >= 0.6 is 0 Å². The van der Waals surface area contributed by atoms with Crippen LogP contribution in [0.2, 0.25) is 0 Å². The number of pyridine rings is 2. The number of carbonyl (C=O) groups is 7. The molecule has 0 radical (unpaired) electrons. The highest BCUT2D eigenvalue weighted by atomic mass is 16.5. The van der Waals surface area contributed by atoms with Crippen molar-refractivity contribution >= 4 is 63.0 Å². The predicted octanol–water partition coefficient (Wildman–Crippen LogP) is 4.72. The number of aliphatic hydroxyl groups excluding tert-OH is 1. The Kier molecular flexibility index (Phi) is 18.9. The number of H-pyrrole nitrogens is 1. The number of nitrogens with one attached hydrogen (secondary N) is 4. The van der Waals surface area contributed by atoms with E-state index >= 15 is 0 Å². The summed E-state index contributed by atoms with van der Waals surface area (Å²) >= 11 is 0. The number of aromatic amines is 1. The molecule has 7 N–H and O–H groups in total. The molecule has 22 heteroatoms. The van der Waals surface area contributed by atoms with E-state index in [2.05, 4.69) is 45.9 Å². The third-order valence-electron chi connectivity index (χ3n) is 15.7. The third-order valence-corrected chi connectivity index (χ3v) is 15.7. The molecule has 6 atom stereocenters. The van der Waals surface area contributed by atoms with Crippen LogP contribution in [-0.2, 0) is 25.6 Å². The fourth-order valence-corrected chi connectivity index (χ4v) is 11.5. The van der Waals surface area contributed by atoms with Crippen molar-refractivity contribution in [3.8, 4) is 11.6 Å². The minimum Gasteiger partial charge on any atom is -0.494 e. The molecule has 1 saturated carbocycles. The Morgan fingerprint density at radius 3 is 2.19 bits per heavy atom. The van der Waals surface area contributed by atoms with E-state index in [-0.39, 0.29) is 49.1 Å². The topological polar surface area (TPSA) is 293 Å². The highest BCUT2D eigenvalue weighted by Crippen LogP contribution is 2.39. The molecule has 3 aliphatic rings. The number of hydrogen-bond donors (Lipinski definition) is 6. The molecule has 2 aliphatic heterocycles. The molecule has 3 fully saturated rings. The highest BCUT2D eigenvalue weighted by molar-refractivity contribution is 6.45. The van der Waals surface area contributed by atoms with Gasteiger partial charge in [0, 0.05) is 62.0 Å². The molecule has 6 amide bonds. The second-order valence-corrected chi connectivity index (χ2v) is 22.8. The lowest BCUT2D eigenvalue weighted by molar-refractivity contribution is -0.133. The largest absolute Gasteiger partial charge is 0.494 e. The Morgan fingerprint density at radius 1 is 0.833 bits per heavy atom. The SMILES string of the molecule is CC(C)(C)NC(=O)[C@@H]1C[C@@H]2CCCC[C@@H]2CN1C[C@@H](O)[C@H](Cc1ccccc1)NC(=O)[C@H](CC(N)=O)NC(=O)c1ccc2ccccc2n1.COc1cnc(-n2cnc(C)n2)c2[nH]cc(C(=O)C(=O)N3CCN(C(=O)c4ccccc4)CC3)c12. The van der Waals surface area contributed by atoms with Crippen molar-refractivity contribution in [2.24, 2.45) is 17.6 Å². The maximum absolute atomic E-state index is 13.8. The molecule has 0 spiro atoms. The highest BCUT2D eigenvalue weighted by Gasteiger charge is 2.42. The van der Waals surface area contributed by atoms with E-state index in [0.717, 1.165) is 36.6 Å². The molecule has 22 nitrogen and oxygen atoms in total. The number of piperazine rings is 1. The fourth-order valence-electron chi connectivity index (χ4n) is 11.5. The van der Waals surface area contributed by atoms with Gasteiger partial charge in [0.1, 0.15) is 29.6 Å². The lowest BCUT2D eigenvalue weighted by Gasteiger charge is -2.47. The minimum atomic E-state index is -1.30. The lowest BCUT2D eigenvalue weighted by atomic mass is 9.72. The molecule has 1 aliphatic carbocycles. The van der Waals surface area contributed by atoms with Gasteiger partial charge >= 0.3 is 0 Å². The van der Waals surface area contributed by atoms with Crippen LogP contribution in [0.1, 0.15) is 102 Å². The third kappa shape index (κ3) is 14.5. The van der Waals surface area contributed by atoms with E-state index in [1.165, 1.54) is 41.8 Å². The molecule has 6 heterocycles. The maximum atomic E-state index is 13.8. The molecule has 7 aromatic rings. The Labute approximate surface area is 486 Å². The smallest absolute Gasteiger partial charge is 0.295 e. The van der Waals surface area contributed by atoms with Crippen molar-refractivity contribution < 1.29 is 43.4 Å². The van der Waals surface area contributed by atoms with Gasteiger partial charge in [-0.2, -0.15) is 5.10 Å². The Hall–Kier alpha value is -8.89. The molecule has 84 heavy (non-hydrogen) atoms. The quantitative estimate of drug-likeness (QED) is 0.0532. The van der Waals surface area contributed by atoms with Crippen LogP contribution in [0.15, 0.2) is 116 Å². The summed E-state index contributed by atoms with van der Waals surface area (Å²) in [6, 6.07) is 26.6. The van der Waals surface area contributed by atoms with Crippen molar-refractivity contribution in [3.05, 3.63) is 144 Å². The van der Waals surface area contributed by atoms with Crippen molar-refractivity contribution in [2.45, 2.75) is 102 Å². The molecule has 10 rings (SSSR count). The minimum absolute atomic E-state index is 0.0566. The van der Waals surface area contributed by atoms with Crippen molar-refractivity contribution in [1.82, 2.24) is 60.4 Å². The number of primary amides is 1. The number of methoxy groups -OCH3 is 1. The first-order valence-corrected chi connectivity index (χ1v) is 28.5. The molecular formula is C62H73N13O9. The summed E-state index contributed by atoms with van der Waals surface area (Å²) in [6.07, 6.45) is 8.52. The molecule has 3 aromatic carbocycles. The van der Waals surface area contributed by atoms with Gasteiger partial charge in [-0.15, -0.1) is 0 Å². The van der Waals surface area contributed by atoms with E-state index in [1.807, 2.05) is 87.5 Å². The normalized spacial score (nSPS) is 18.3. The number of nitrogens with two attached hydrogens (primary N) is 1. The maximum Gasteiger partial charge on any atom is 0.295 e. The Balaban J connectivity index is 0.000000213. The number of amides is 6. The van der Waals surface area contributed by atoms with Gasteiger partial charge in [-0.05, 0) is 88.6 Å². The molecule has 2 saturated heterocycles. The van der Waals surface area contributed by atoms with Crippen LogP contribution in [0.25, 0.3) is 27.6 Å². The second kappa shape index (κ2) is 26.6. The first-order chi connectivity index (χ1) is 40.3. The van der Waals surface area contributed by atoms with Crippen molar-refractivity contribution in [1.29, 1.82) is 0 Å². The number of ketones is 1. The zero-order valence-electron chi connectivity index (χ0n) is 48.0. The number of carbonyl (C=O) groups excluding carboxylic acids is 7. The number of Topliss-reactive ketones (excluding diaryl/α,β-unsaturated/α-hetero) is 1. The van der Waals surface area contributed by atoms with Gasteiger partial charge in [-0.3, -0.25) is 38.5 Å². The molecule has 0 unspecified atom stereocenters. The van der Waals surface area contributed by atoms with E-state index < -0.39 is 65.6 Å². The second-order valence-electron chi connectivity index (χ2n) is 22.8.